The van der Waals surface area contributed by atoms with E-state index in [1.807, 2.05) is 6.92 Å². The van der Waals surface area contributed by atoms with Gasteiger partial charge in [-0.05, 0) is 18.7 Å². The third-order valence-electron chi connectivity index (χ3n) is 2.51. The monoisotopic (exact) mass is 296 g/mol. The predicted molar refractivity (Wildman–Crippen MR) is 74.9 cm³/mol. The first-order valence-electron chi connectivity index (χ1n) is 6.05. The Kier molecular flexibility index (Phi) is 4.74. The first-order chi connectivity index (χ1) is 9.67. The average molecular weight is 296 g/mol. The zero-order valence-electron chi connectivity index (χ0n) is 11.5. The minimum absolute atomic E-state index is 0.227. The van der Waals surface area contributed by atoms with Crippen molar-refractivity contribution in [3.8, 4) is 0 Å². The summed E-state index contributed by atoms with van der Waals surface area (Å²) in [6, 6.07) is 1.79. The van der Waals surface area contributed by atoms with Gasteiger partial charge in [-0.1, -0.05) is 0 Å². The largest absolute Gasteiger partial charge is 0.377 e. The molecular formula is C11H16N6O2S. The topological polar surface area (TPSA) is 97.7 Å². The maximum Gasteiger partial charge on any atom is 0.343 e. The van der Waals surface area contributed by atoms with E-state index in [0.29, 0.717) is 35.0 Å². The summed E-state index contributed by atoms with van der Waals surface area (Å²) in [7, 11) is 3.37. The zero-order chi connectivity index (χ0) is 14.5. The van der Waals surface area contributed by atoms with Crippen LogP contribution in [0.5, 0.6) is 0 Å². The van der Waals surface area contributed by atoms with Gasteiger partial charge in [0.15, 0.2) is 11.0 Å². The summed E-state index contributed by atoms with van der Waals surface area (Å²) in [6.07, 6.45) is 0. The minimum Gasteiger partial charge on any atom is -0.377 e. The number of nitrogens with one attached hydrogen (secondary N) is 2. The molecule has 0 atom stereocenters. The number of rotatable bonds is 6. The van der Waals surface area contributed by atoms with E-state index in [-0.39, 0.29) is 5.69 Å². The van der Waals surface area contributed by atoms with E-state index in [9.17, 15) is 4.79 Å². The van der Waals surface area contributed by atoms with E-state index in [4.69, 9.17) is 4.74 Å². The van der Waals surface area contributed by atoms with E-state index in [1.165, 1.54) is 11.8 Å². The molecule has 0 saturated carbocycles. The molecule has 0 radical (unpaired) electrons. The number of aromatic nitrogens is 5. The second kappa shape index (κ2) is 6.53. The molecule has 0 amide bonds. The predicted octanol–water partition coefficient (Wildman–Crippen LogP) is 0.721. The molecule has 2 N–H and O–H groups in total. The van der Waals surface area contributed by atoms with E-state index >= 15 is 0 Å². The molecule has 0 bridgehead atoms. The smallest absolute Gasteiger partial charge is 0.343 e. The van der Waals surface area contributed by atoms with Crippen LogP contribution in [0.3, 0.4) is 0 Å². The number of anilines is 1. The lowest BCUT2D eigenvalue weighted by Gasteiger charge is -2.07. The zero-order valence-corrected chi connectivity index (χ0v) is 12.3. The van der Waals surface area contributed by atoms with Gasteiger partial charge in [0.1, 0.15) is 17.5 Å². The Hall–Kier alpha value is -1.87. The van der Waals surface area contributed by atoms with Crippen molar-refractivity contribution in [2.45, 2.75) is 30.3 Å². The highest BCUT2D eigenvalue weighted by atomic mass is 32.2. The third-order valence-corrected chi connectivity index (χ3v) is 3.43. The molecule has 8 nitrogen and oxygen atoms in total. The van der Waals surface area contributed by atoms with E-state index in [1.54, 1.807) is 24.8 Å². The van der Waals surface area contributed by atoms with Crippen LogP contribution in [-0.2, 0) is 17.9 Å². The number of aromatic amines is 1. The summed E-state index contributed by atoms with van der Waals surface area (Å²) in [5.74, 6) is 1.26. The maximum atomic E-state index is 11.5. The summed E-state index contributed by atoms with van der Waals surface area (Å²) in [4.78, 5) is 20.2. The highest BCUT2D eigenvalue weighted by Crippen LogP contribution is 2.25. The molecule has 2 rings (SSSR count). The van der Waals surface area contributed by atoms with Crippen LogP contribution in [-0.4, -0.2) is 38.9 Å². The molecule has 0 aromatic carbocycles. The quantitative estimate of drug-likeness (QED) is 0.758. The highest BCUT2D eigenvalue weighted by molar-refractivity contribution is 7.99. The van der Waals surface area contributed by atoms with Crippen molar-refractivity contribution < 1.29 is 4.74 Å². The Labute approximate surface area is 120 Å². The second-order valence-electron chi connectivity index (χ2n) is 3.85. The summed E-state index contributed by atoms with van der Waals surface area (Å²) in [6.45, 7) is 2.76. The highest BCUT2D eigenvalue weighted by Gasteiger charge is 2.11. The summed E-state index contributed by atoms with van der Waals surface area (Å²) in [5.41, 5.74) is -0.227. The fraction of sp³-hybridized carbons (Fsp3) is 0.455. The Morgan fingerprint density at radius 2 is 2.30 bits per heavy atom. The van der Waals surface area contributed by atoms with Gasteiger partial charge < -0.3 is 10.1 Å². The first kappa shape index (κ1) is 14.5. The van der Waals surface area contributed by atoms with E-state index < -0.39 is 0 Å². The number of hydrogen-bond donors (Lipinski definition) is 2. The molecular weight excluding hydrogens is 280 g/mol. The molecule has 9 heteroatoms. The number of ether oxygens (including phenoxy) is 1. The molecule has 0 aliphatic rings. The Balaban J connectivity index is 2.32. The van der Waals surface area contributed by atoms with Crippen molar-refractivity contribution in [1.29, 1.82) is 0 Å². The van der Waals surface area contributed by atoms with Crippen molar-refractivity contribution in [2.75, 3.05) is 19.5 Å². The van der Waals surface area contributed by atoms with Gasteiger partial charge in [-0.2, -0.15) is 0 Å². The lowest BCUT2D eigenvalue weighted by Crippen LogP contribution is -2.16. The average Bonchev–Trinajstić information content (AvgIpc) is 2.79. The Bertz CT molecular complexity index is 638. The standard InChI is InChI=1S/C11H16N6O2S/c1-4-17-10(18)15-16-11(17)20-9-5-7(12-2)13-8(14-9)6-19-3/h5H,4,6H2,1-3H3,(H,15,18)(H,12,13,14). The van der Waals surface area contributed by atoms with Crippen molar-refractivity contribution >= 4 is 17.6 Å². The van der Waals surface area contributed by atoms with Crippen molar-refractivity contribution in [3.63, 3.8) is 0 Å². The van der Waals surface area contributed by atoms with Gasteiger partial charge >= 0.3 is 5.69 Å². The van der Waals surface area contributed by atoms with Gasteiger partial charge in [0, 0.05) is 26.8 Å². The van der Waals surface area contributed by atoms with Gasteiger partial charge in [0.05, 0.1) is 0 Å². The number of methoxy groups -OCH3 is 1. The van der Waals surface area contributed by atoms with Crippen LogP contribution in [0, 0.1) is 0 Å². The lowest BCUT2D eigenvalue weighted by atomic mass is 10.5. The molecule has 2 heterocycles. The normalized spacial score (nSPS) is 10.8. The summed E-state index contributed by atoms with van der Waals surface area (Å²) >= 11 is 1.30. The summed E-state index contributed by atoms with van der Waals surface area (Å²) < 4.78 is 6.59. The molecule has 0 aliphatic heterocycles. The van der Waals surface area contributed by atoms with Crippen LogP contribution in [0.25, 0.3) is 0 Å². The minimum atomic E-state index is -0.227. The van der Waals surface area contributed by atoms with E-state index in [0.717, 1.165) is 0 Å². The molecule has 20 heavy (non-hydrogen) atoms. The van der Waals surface area contributed by atoms with Crippen LogP contribution in [0.1, 0.15) is 12.7 Å². The molecule has 0 unspecified atom stereocenters. The third kappa shape index (κ3) is 3.17. The number of nitrogens with zero attached hydrogens (tertiary/aromatic N) is 4. The van der Waals surface area contributed by atoms with E-state index in [2.05, 4.69) is 25.5 Å². The molecule has 2 aromatic heterocycles. The van der Waals surface area contributed by atoms with Gasteiger partial charge in [-0.25, -0.2) is 19.9 Å². The van der Waals surface area contributed by atoms with Crippen LogP contribution in [0.4, 0.5) is 5.82 Å². The number of hydrogen-bond acceptors (Lipinski definition) is 7. The fourth-order valence-electron chi connectivity index (χ4n) is 1.60. The first-order valence-corrected chi connectivity index (χ1v) is 6.87. The summed E-state index contributed by atoms with van der Waals surface area (Å²) in [5, 5.41) is 10.7. The molecule has 0 saturated heterocycles. The molecule has 0 aliphatic carbocycles. The van der Waals surface area contributed by atoms with Crippen LogP contribution in [0.2, 0.25) is 0 Å². The van der Waals surface area contributed by atoms with Gasteiger partial charge in [0.25, 0.3) is 0 Å². The van der Waals surface area contributed by atoms with Gasteiger partial charge in [0.2, 0.25) is 0 Å². The Morgan fingerprint density at radius 1 is 1.50 bits per heavy atom. The van der Waals surface area contributed by atoms with Crippen LogP contribution < -0.4 is 11.0 Å². The lowest BCUT2D eigenvalue weighted by molar-refractivity contribution is 0.177. The van der Waals surface area contributed by atoms with Crippen LogP contribution in [0.15, 0.2) is 21.0 Å². The van der Waals surface area contributed by atoms with Crippen molar-refractivity contribution in [1.82, 2.24) is 24.7 Å². The maximum absolute atomic E-state index is 11.5. The molecule has 2 aromatic rings. The second-order valence-corrected chi connectivity index (χ2v) is 4.84. The Morgan fingerprint density at radius 3 is 2.95 bits per heavy atom. The molecule has 108 valence electrons. The molecule has 0 fully saturated rings. The van der Waals surface area contributed by atoms with Gasteiger partial charge in [-0.15, -0.1) is 5.10 Å². The van der Waals surface area contributed by atoms with Crippen molar-refractivity contribution in [3.05, 3.63) is 22.4 Å². The molecule has 0 spiro atoms. The van der Waals surface area contributed by atoms with Crippen molar-refractivity contribution in [2.24, 2.45) is 0 Å². The number of H-pyrrole nitrogens is 1. The van der Waals surface area contributed by atoms with Crippen LogP contribution >= 0.6 is 11.8 Å². The fourth-order valence-corrected chi connectivity index (χ4v) is 2.52. The SMILES string of the molecule is CCn1c(Sc2cc(NC)nc(COC)n2)n[nH]c1=O. The van der Waals surface area contributed by atoms with Gasteiger partial charge in [-0.3, -0.25) is 4.57 Å².